The molecule has 18 heavy (non-hydrogen) atoms. The quantitative estimate of drug-likeness (QED) is 0.733. The second kappa shape index (κ2) is 5.59. The molecule has 0 aliphatic heterocycles. The van der Waals surface area contributed by atoms with Gasteiger partial charge in [-0.1, -0.05) is 23.7 Å². The lowest BCUT2D eigenvalue weighted by Gasteiger charge is -2.11. The van der Waals surface area contributed by atoms with Gasteiger partial charge in [0.15, 0.2) is 11.5 Å². The largest absolute Gasteiger partial charge is 0.493 e. The van der Waals surface area contributed by atoms with E-state index >= 15 is 0 Å². The maximum absolute atomic E-state index is 13.2. The van der Waals surface area contributed by atoms with E-state index in [1.54, 1.807) is 19.2 Å². The molecule has 0 aliphatic rings. The minimum Gasteiger partial charge on any atom is -0.493 e. The molecule has 0 fully saturated rings. The lowest BCUT2D eigenvalue weighted by molar-refractivity contribution is 0.378. The van der Waals surface area contributed by atoms with E-state index in [0.717, 1.165) is 0 Å². The molecule has 2 nitrogen and oxygen atoms in total. The van der Waals surface area contributed by atoms with Crippen LogP contribution in [-0.2, 0) is 0 Å². The molecular formula is C13H9BrClFO2. The third kappa shape index (κ3) is 2.76. The molecule has 0 aromatic heterocycles. The van der Waals surface area contributed by atoms with Crippen molar-refractivity contribution in [2.45, 2.75) is 0 Å². The van der Waals surface area contributed by atoms with E-state index in [0.29, 0.717) is 17.2 Å². The van der Waals surface area contributed by atoms with Crippen molar-refractivity contribution in [3.8, 4) is 17.2 Å². The molecule has 2 rings (SSSR count). The van der Waals surface area contributed by atoms with E-state index in [2.05, 4.69) is 15.9 Å². The Hall–Kier alpha value is -1.26. The number of hydrogen-bond donors (Lipinski definition) is 0. The molecule has 0 N–H and O–H groups in total. The van der Waals surface area contributed by atoms with Crippen molar-refractivity contribution in [2.75, 3.05) is 7.11 Å². The summed E-state index contributed by atoms with van der Waals surface area (Å²) in [5.41, 5.74) is 0. The first-order valence-electron chi connectivity index (χ1n) is 5.07. The number of benzene rings is 2. The Labute approximate surface area is 117 Å². The molecule has 0 unspecified atom stereocenters. The van der Waals surface area contributed by atoms with E-state index < -0.39 is 5.82 Å². The van der Waals surface area contributed by atoms with Crippen molar-refractivity contribution in [3.05, 3.63) is 51.7 Å². The number of rotatable bonds is 3. The molecule has 2 aromatic carbocycles. The third-order valence-electron chi connectivity index (χ3n) is 2.26. The molecule has 0 heterocycles. The van der Waals surface area contributed by atoms with Gasteiger partial charge in [-0.05, 0) is 40.2 Å². The van der Waals surface area contributed by atoms with Crippen LogP contribution in [0.25, 0.3) is 0 Å². The zero-order valence-corrected chi connectivity index (χ0v) is 11.8. The topological polar surface area (TPSA) is 18.5 Å². The average molecular weight is 332 g/mol. The van der Waals surface area contributed by atoms with Gasteiger partial charge in [0.25, 0.3) is 0 Å². The Balaban J connectivity index is 2.37. The smallest absolute Gasteiger partial charge is 0.169 e. The Morgan fingerprint density at radius 1 is 1.11 bits per heavy atom. The van der Waals surface area contributed by atoms with Crippen molar-refractivity contribution in [3.63, 3.8) is 0 Å². The monoisotopic (exact) mass is 330 g/mol. The molecule has 0 atom stereocenters. The molecule has 2 aromatic rings. The van der Waals surface area contributed by atoms with Crippen LogP contribution < -0.4 is 9.47 Å². The van der Waals surface area contributed by atoms with E-state index in [1.165, 1.54) is 12.1 Å². The van der Waals surface area contributed by atoms with E-state index in [4.69, 9.17) is 21.1 Å². The standard InChI is InChI=1S/C13H9BrClFO2/c1-17-11-4-2-3-5-12(11)18-13-6-8(14)10(16)7-9(13)15/h2-7H,1H3. The van der Waals surface area contributed by atoms with E-state index in [-0.39, 0.29) is 9.50 Å². The average Bonchev–Trinajstić information content (AvgIpc) is 2.36. The molecule has 0 spiro atoms. The van der Waals surface area contributed by atoms with Gasteiger partial charge in [-0.3, -0.25) is 0 Å². The van der Waals surface area contributed by atoms with Crippen LogP contribution in [0.3, 0.4) is 0 Å². The molecule has 0 saturated heterocycles. The third-order valence-corrected chi connectivity index (χ3v) is 3.17. The molecule has 0 radical (unpaired) electrons. The van der Waals surface area contributed by atoms with Crippen molar-refractivity contribution in [1.82, 2.24) is 0 Å². The summed E-state index contributed by atoms with van der Waals surface area (Å²) in [6, 6.07) is 9.81. The maximum Gasteiger partial charge on any atom is 0.169 e. The number of ether oxygens (including phenoxy) is 2. The first-order chi connectivity index (χ1) is 8.61. The SMILES string of the molecule is COc1ccccc1Oc1cc(Br)c(F)cc1Cl. The highest BCUT2D eigenvalue weighted by molar-refractivity contribution is 9.10. The van der Waals surface area contributed by atoms with Crippen LogP contribution in [0.15, 0.2) is 40.9 Å². The normalized spacial score (nSPS) is 10.2. The molecule has 0 amide bonds. The summed E-state index contributed by atoms with van der Waals surface area (Å²) >= 11 is 9.00. The van der Waals surface area contributed by atoms with Gasteiger partial charge >= 0.3 is 0 Å². The summed E-state index contributed by atoms with van der Waals surface area (Å²) in [7, 11) is 1.55. The zero-order valence-electron chi connectivity index (χ0n) is 9.41. The van der Waals surface area contributed by atoms with Gasteiger partial charge in [-0.15, -0.1) is 0 Å². The second-order valence-corrected chi connectivity index (χ2v) is 4.71. The van der Waals surface area contributed by atoms with Crippen LogP contribution in [0.4, 0.5) is 4.39 Å². The molecule has 5 heteroatoms. The molecule has 94 valence electrons. The maximum atomic E-state index is 13.2. The Kier molecular flexibility index (Phi) is 4.09. The fourth-order valence-corrected chi connectivity index (χ4v) is 1.92. The number of methoxy groups -OCH3 is 1. The summed E-state index contributed by atoms with van der Waals surface area (Å²) in [6.45, 7) is 0. The zero-order chi connectivity index (χ0) is 13.1. The van der Waals surface area contributed by atoms with Crippen molar-refractivity contribution in [2.24, 2.45) is 0 Å². The van der Waals surface area contributed by atoms with Crippen molar-refractivity contribution in [1.29, 1.82) is 0 Å². The van der Waals surface area contributed by atoms with Gasteiger partial charge < -0.3 is 9.47 Å². The van der Waals surface area contributed by atoms with Gasteiger partial charge in [0.1, 0.15) is 11.6 Å². The Bertz CT molecular complexity index is 575. The number of para-hydroxylation sites is 2. The second-order valence-electron chi connectivity index (χ2n) is 3.45. The predicted octanol–water partition coefficient (Wildman–Crippen LogP) is 5.04. The highest BCUT2D eigenvalue weighted by Crippen LogP contribution is 2.37. The summed E-state index contributed by atoms with van der Waals surface area (Å²) in [5, 5.41) is 0.196. The lowest BCUT2D eigenvalue weighted by Crippen LogP contribution is -1.91. The molecule has 0 aliphatic carbocycles. The van der Waals surface area contributed by atoms with Crippen LogP contribution in [-0.4, -0.2) is 7.11 Å². The summed E-state index contributed by atoms with van der Waals surface area (Å²) in [4.78, 5) is 0. The summed E-state index contributed by atoms with van der Waals surface area (Å²) in [5.74, 6) is 1.01. The van der Waals surface area contributed by atoms with E-state index in [1.807, 2.05) is 12.1 Å². The number of hydrogen-bond acceptors (Lipinski definition) is 2. The molecular weight excluding hydrogens is 322 g/mol. The van der Waals surface area contributed by atoms with Crippen LogP contribution in [0, 0.1) is 5.82 Å². The first-order valence-corrected chi connectivity index (χ1v) is 6.24. The van der Waals surface area contributed by atoms with Crippen LogP contribution in [0.1, 0.15) is 0 Å². The Morgan fingerprint density at radius 2 is 1.78 bits per heavy atom. The predicted molar refractivity (Wildman–Crippen MR) is 72.2 cm³/mol. The highest BCUT2D eigenvalue weighted by atomic mass is 79.9. The lowest BCUT2D eigenvalue weighted by atomic mass is 10.3. The Morgan fingerprint density at radius 3 is 2.44 bits per heavy atom. The number of halogens is 3. The van der Waals surface area contributed by atoms with Gasteiger partial charge in [-0.2, -0.15) is 0 Å². The van der Waals surface area contributed by atoms with Crippen molar-refractivity contribution >= 4 is 27.5 Å². The van der Waals surface area contributed by atoms with Gasteiger partial charge in [-0.25, -0.2) is 4.39 Å². The fourth-order valence-electron chi connectivity index (χ4n) is 1.40. The van der Waals surface area contributed by atoms with Crippen LogP contribution >= 0.6 is 27.5 Å². The van der Waals surface area contributed by atoms with Gasteiger partial charge in [0, 0.05) is 0 Å². The van der Waals surface area contributed by atoms with Crippen LogP contribution in [0.2, 0.25) is 5.02 Å². The van der Waals surface area contributed by atoms with Gasteiger partial charge in [0.2, 0.25) is 0 Å². The minimum absolute atomic E-state index is 0.196. The minimum atomic E-state index is -0.438. The first kappa shape index (κ1) is 13.2. The summed E-state index contributed by atoms with van der Waals surface area (Å²) < 4.78 is 24.3. The molecule has 0 bridgehead atoms. The highest BCUT2D eigenvalue weighted by Gasteiger charge is 2.11. The van der Waals surface area contributed by atoms with Crippen LogP contribution in [0.5, 0.6) is 17.2 Å². The van der Waals surface area contributed by atoms with Crippen molar-refractivity contribution < 1.29 is 13.9 Å². The van der Waals surface area contributed by atoms with Gasteiger partial charge in [0.05, 0.1) is 16.6 Å². The molecule has 0 saturated carbocycles. The van der Waals surface area contributed by atoms with E-state index in [9.17, 15) is 4.39 Å². The summed E-state index contributed by atoms with van der Waals surface area (Å²) in [6.07, 6.45) is 0. The fraction of sp³-hybridized carbons (Fsp3) is 0.0769.